The second-order valence-electron chi connectivity index (χ2n) is 4.62. The Labute approximate surface area is 114 Å². The van der Waals surface area contributed by atoms with Crippen molar-refractivity contribution in [2.24, 2.45) is 0 Å². The fourth-order valence-electron chi connectivity index (χ4n) is 1.98. The smallest absolute Gasteiger partial charge is 0.375 e. The van der Waals surface area contributed by atoms with Gasteiger partial charge in [0, 0.05) is 5.56 Å². The van der Waals surface area contributed by atoms with E-state index in [9.17, 15) is 4.79 Å². The van der Waals surface area contributed by atoms with Crippen molar-refractivity contribution in [1.82, 2.24) is 19.8 Å². The van der Waals surface area contributed by atoms with Gasteiger partial charge in [-0.15, -0.1) is 10.2 Å². The first-order chi connectivity index (χ1) is 9.56. The van der Waals surface area contributed by atoms with Crippen molar-refractivity contribution in [3.8, 4) is 11.3 Å². The van der Waals surface area contributed by atoms with Gasteiger partial charge in [0.25, 0.3) is 5.82 Å². The zero-order chi connectivity index (χ0) is 14.3. The number of carboxylic acid groups (broad SMARTS) is 1. The monoisotopic (exact) mass is 268 g/mol. The van der Waals surface area contributed by atoms with Crippen LogP contribution < -0.4 is 0 Å². The third kappa shape index (κ3) is 1.91. The maximum absolute atomic E-state index is 11.1. The van der Waals surface area contributed by atoms with E-state index in [0.29, 0.717) is 11.3 Å². The molecule has 2 heterocycles. The van der Waals surface area contributed by atoms with E-state index in [0.717, 1.165) is 11.1 Å². The highest BCUT2D eigenvalue weighted by molar-refractivity contribution is 5.84. The van der Waals surface area contributed by atoms with Gasteiger partial charge < -0.3 is 5.11 Å². The fourth-order valence-corrected chi connectivity index (χ4v) is 1.98. The lowest BCUT2D eigenvalue weighted by molar-refractivity contribution is 0.0680. The minimum atomic E-state index is -1.15. The first-order valence-electron chi connectivity index (χ1n) is 6.09. The molecule has 3 aromatic rings. The average molecular weight is 268 g/mol. The zero-order valence-corrected chi connectivity index (χ0v) is 11.0. The lowest BCUT2D eigenvalue weighted by Crippen LogP contribution is -2.06. The largest absolute Gasteiger partial charge is 0.475 e. The molecule has 20 heavy (non-hydrogen) atoms. The van der Waals surface area contributed by atoms with Gasteiger partial charge in [-0.1, -0.05) is 12.1 Å². The normalized spacial score (nSPS) is 10.9. The summed E-state index contributed by atoms with van der Waals surface area (Å²) in [5, 5.41) is 20.7. The van der Waals surface area contributed by atoms with E-state index in [1.165, 1.54) is 10.1 Å². The molecule has 0 spiro atoms. The number of fused-ring (bicyclic) bond motifs is 1. The van der Waals surface area contributed by atoms with Crippen molar-refractivity contribution in [1.29, 1.82) is 0 Å². The number of benzene rings is 1. The van der Waals surface area contributed by atoms with Gasteiger partial charge in [-0.05, 0) is 43.2 Å². The lowest BCUT2D eigenvalue weighted by atomic mass is 10.0. The summed E-state index contributed by atoms with van der Waals surface area (Å²) >= 11 is 0. The summed E-state index contributed by atoms with van der Waals surface area (Å²) in [5.74, 6) is -1.34. The molecule has 0 fully saturated rings. The number of hydrogen-bond acceptors (Lipinski definition) is 4. The lowest BCUT2D eigenvalue weighted by Gasteiger charge is -2.05. The fraction of sp³-hybridized carbons (Fsp3) is 0.143. The first-order valence-corrected chi connectivity index (χ1v) is 6.09. The Balaban J connectivity index is 2.18. The minimum absolute atomic E-state index is 0.189. The van der Waals surface area contributed by atoms with Gasteiger partial charge in [-0.25, -0.2) is 4.79 Å². The third-order valence-electron chi connectivity index (χ3n) is 3.26. The van der Waals surface area contributed by atoms with E-state index in [1.807, 2.05) is 32.0 Å². The van der Waals surface area contributed by atoms with Crippen LogP contribution in [0.15, 0.2) is 30.3 Å². The van der Waals surface area contributed by atoms with Crippen LogP contribution in [0.1, 0.15) is 21.7 Å². The van der Waals surface area contributed by atoms with Crippen LogP contribution in [0.3, 0.4) is 0 Å². The highest BCUT2D eigenvalue weighted by Gasteiger charge is 2.14. The van der Waals surface area contributed by atoms with Gasteiger partial charge in [-0.3, -0.25) is 0 Å². The van der Waals surface area contributed by atoms with E-state index in [1.54, 1.807) is 12.1 Å². The highest BCUT2D eigenvalue weighted by atomic mass is 16.4. The maximum Gasteiger partial charge on any atom is 0.375 e. The third-order valence-corrected chi connectivity index (χ3v) is 3.26. The number of rotatable bonds is 2. The summed E-state index contributed by atoms with van der Waals surface area (Å²) < 4.78 is 1.24. The Bertz CT molecular complexity index is 823. The molecule has 0 saturated heterocycles. The summed E-state index contributed by atoms with van der Waals surface area (Å²) in [6.45, 7) is 4.07. The van der Waals surface area contributed by atoms with Crippen LogP contribution >= 0.6 is 0 Å². The second kappa shape index (κ2) is 4.41. The molecule has 1 aromatic carbocycles. The predicted molar refractivity (Wildman–Crippen MR) is 72.7 cm³/mol. The van der Waals surface area contributed by atoms with Crippen molar-refractivity contribution >= 4 is 11.6 Å². The first kappa shape index (κ1) is 12.3. The molecule has 3 rings (SSSR count). The number of aromatic nitrogens is 4. The summed E-state index contributed by atoms with van der Waals surface area (Å²) in [7, 11) is 0. The summed E-state index contributed by atoms with van der Waals surface area (Å²) in [6, 6.07) is 9.51. The van der Waals surface area contributed by atoms with Gasteiger partial charge in [0.2, 0.25) is 0 Å². The van der Waals surface area contributed by atoms with Gasteiger partial charge in [-0.2, -0.15) is 9.61 Å². The molecule has 0 aliphatic heterocycles. The Hall–Kier alpha value is -2.76. The molecule has 6 nitrogen and oxygen atoms in total. The van der Waals surface area contributed by atoms with E-state index in [-0.39, 0.29) is 5.82 Å². The van der Waals surface area contributed by atoms with Crippen molar-refractivity contribution in [3.05, 3.63) is 47.3 Å². The Morgan fingerprint density at radius 1 is 1.10 bits per heavy atom. The number of hydrogen-bond donors (Lipinski definition) is 1. The number of nitrogens with zero attached hydrogens (tertiary/aromatic N) is 4. The van der Waals surface area contributed by atoms with Crippen LogP contribution in [0.4, 0.5) is 0 Å². The molecule has 100 valence electrons. The molecule has 0 aliphatic carbocycles. The van der Waals surface area contributed by atoms with E-state index < -0.39 is 5.97 Å². The SMILES string of the molecule is Cc1ccc(-c2ccc3nnc(C(=O)O)n3n2)cc1C. The topological polar surface area (TPSA) is 80.4 Å². The number of carboxylic acids is 1. The summed E-state index contributed by atoms with van der Waals surface area (Å²) in [6.07, 6.45) is 0. The van der Waals surface area contributed by atoms with Gasteiger partial charge >= 0.3 is 5.97 Å². The maximum atomic E-state index is 11.1. The Morgan fingerprint density at radius 2 is 1.90 bits per heavy atom. The molecule has 0 bridgehead atoms. The number of carbonyl (C=O) groups is 1. The molecule has 0 radical (unpaired) electrons. The zero-order valence-electron chi connectivity index (χ0n) is 11.0. The van der Waals surface area contributed by atoms with Crippen LogP contribution in [0.25, 0.3) is 16.9 Å². The molecule has 2 aromatic heterocycles. The molecule has 0 saturated carbocycles. The van der Waals surface area contributed by atoms with E-state index in [4.69, 9.17) is 5.11 Å². The summed E-state index contributed by atoms with van der Waals surface area (Å²) in [4.78, 5) is 11.1. The second-order valence-corrected chi connectivity index (χ2v) is 4.62. The predicted octanol–water partition coefficient (Wildman–Crippen LogP) is 2.11. The Morgan fingerprint density at radius 3 is 2.60 bits per heavy atom. The molecule has 1 N–H and O–H groups in total. The van der Waals surface area contributed by atoms with Gasteiger partial charge in [0.15, 0.2) is 5.65 Å². The molecule has 0 aliphatic rings. The minimum Gasteiger partial charge on any atom is -0.475 e. The van der Waals surface area contributed by atoms with Crippen molar-refractivity contribution in [3.63, 3.8) is 0 Å². The van der Waals surface area contributed by atoms with Crippen molar-refractivity contribution < 1.29 is 9.90 Å². The average Bonchev–Trinajstić information content (AvgIpc) is 2.85. The van der Waals surface area contributed by atoms with Gasteiger partial charge in [0.05, 0.1) is 5.69 Å². The molecule has 0 atom stereocenters. The van der Waals surface area contributed by atoms with E-state index >= 15 is 0 Å². The van der Waals surface area contributed by atoms with Crippen LogP contribution in [0.2, 0.25) is 0 Å². The number of aromatic carboxylic acids is 1. The van der Waals surface area contributed by atoms with Gasteiger partial charge in [0.1, 0.15) is 0 Å². The van der Waals surface area contributed by atoms with Crippen LogP contribution in [0, 0.1) is 13.8 Å². The Kier molecular flexibility index (Phi) is 2.71. The van der Waals surface area contributed by atoms with Crippen LogP contribution in [-0.4, -0.2) is 30.9 Å². The molecular formula is C14H12N4O2. The van der Waals surface area contributed by atoms with Crippen LogP contribution in [0.5, 0.6) is 0 Å². The summed E-state index contributed by atoms with van der Waals surface area (Å²) in [5.41, 5.74) is 4.38. The standard InChI is InChI=1S/C14H12N4O2/c1-8-3-4-10(7-9(8)2)11-5-6-12-15-16-13(14(19)20)18(12)17-11/h3-7H,1-2H3,(H,19,20). The quantitative estimate of drug-likeness (QED) is 0.769. The molecule has 6 heteroatoms. The molecule has 0 amide bonds. The van der Waals surface area contributed by atoms with E-state index in [2.05, 4.69) is 15.3 Å². The molecular weight excluding hydrogens is 256 g/mol. The van der Waals surface area contributed by atoms with Crippen molar-refractivity contribution in [2.75, 3.05) is 0 Å². The number of aryl methyl sites for hydroxylation is 2. The molecule has 0 unspecified atom stereocenters. The van der Waals surface area contributed by atoms with Crippen LogP contribution in [-0.2, 0) is 0 Å². The van der Waals surface area contributed by atoms with Crippen molar-refractivity contribution in [2.45, 2.75) is 13.8 Å². The highest BCUT2D eigenvalue weighted by Crippen LogP contribution is 2.20.